The summed E-state index contributed by atoms with van der Waals surface area (Å²) in [5.41, 5.74) is 1.93. The second-order valence-corrected chi connectivity index (χ2v) is 9.66. The van der Waals surface area contributed by atoms with Crippen LogP contribution in [-0.4, -0.2) is 48.1 Å². The second kappa shape index (κ2) is 10.6. The van der Waals surface area contributed by atoms with E-state index in [-0.39, 0.29) is 11.6 Å². The summed E-state index contributed by atoms with van der Waals surface area (Å²) < 4.78 is 1.25. The van der Waals surface area contributed by atoms with Gasteiger partial charge in [-0.1, -0.05) is 54.6 Å². The van der Waals surface area contributed by atoms with Crippen LogP contribution < -0.4 is 10.5 Å². The van der Waals surface area contributed by atoms with Gasteiger partial charge in [0.05, 0.1) is 5.69 Å². The first-order valence-corrected chi connectivity index (χ1v) is 12.0. The number of anilines is 1. The predicted molar refractivity (Wildman–Crippen MR) is 140 cm³/mol. The molecule has 0 aliphatic rings. The van der Waals surface area contributed by atoms with Crippen LogP contribution in [0.25, 0.3) is 10.1 Å². The van der Waals surface area contributed by atoms with Gasteiger partial charge in [-0.3, -0.25) is 9.78 Å². The molecule has 1 N–H and O–H groups in total. The lowest BCUT2D eigenvalue weighted by Gasteiger charge is -2.31. The Morgan fingerprint density at radius 2 is 1.85 bits per heavy atom. The zero-order chi connectivity index (χ0) is 23.2. The number of rotatable bonds is 10. The monoisotopic (exact) mass is 458 g/mol. The molecule has 0 saturated carbocycles. The highest BCUT2D eigenvalue weighted by molar-refractivity contribution is 7.19. The molecule has 6 heteroatoms. The molecule has 0 aliphatic carbocycles. The number of nitrogens with zero attached hydrogens (tertiary/aromatic N) is 3. The van der Waals surface area contributed by atoms with Crippen LogP contribution >= 0.6 is 11.3 Å². The Hall–Kier alpha value is -3.22. The maximum absolute atomic E-state index is 12.5. The zero-order valence-corrected chi connectivity index (χ0v) is 20.0. The Morgan fingerprint density at radius 1 is 1.09 bits per heavy atom. The molecule has 0 bridgehead atoms. The minimum atomic E-state index is -0.130. The van der Waals surface area contributed by atoms with Crippen molar-refractivity contribution < 1.29 is 0 Å². The molecule has 2 heterocycles. The van der Waals surface area contributed by atoms with E-state index in [2.05, 4.69) is 84.0 Å². The minimum Gasteiger partial charge on any atom is -0.337 e. The molecule has 0 spiro atoms. The van der Waals surface area contributed by atoms with Crippen molar-refractivity contribution in [3.8, 4) is 0 Å². The average molecular weight is 459 g/mol. The molecule has 1 unspecified atom stereocenters. The highest BCUT2D eigenvalue weighted by Crippen LogP contribution is 2.27. The van der Waals surface area contributed by atoms with Crippen molar-refractivity contribution in [1.82, 2.24) is 14.9 Å². The van der Waals surface area contributed by atoms with Crippen molar-refractivity contribution in [2.24, 2.45) is 0 Å². The van der Waals surface area contributed by atoms with E-state index in [0.29, 0.717) is 18.9 Å². The Morgan fingerprint density at radius 3 is 2.58 bits per heavy atom. The van der Waals surface area contributed by atoms with Crippen LogP contribution in [-0.2, 0) is 12.8 Å². The second-order valence-electron chi connectivity index (χ2n) is 8.49. The SMILES string of the molecule is C=CCN(CC(Cc1ccccc1)N(C)C)c1nc(Cc2cc3ccccc3s2)cc(=O)[nH]1. The van der Waals surface area contributed by atoms with Crippen LogP contribution in [0.2, 0.25) is 0 Å². The molecule has 2 aromatic carbocycles. The number of nitrogens with one attached hydrogen (secondary N) is 1. The van der Waals surface area contributed by atoms with Gasteiger partial charge < -0.3 is 9.80 Å². The molecule has 170 valence electrons. The number of aromatic amines is 1. The van der Waals surface area contributed by atoms with Crippen LogP contribution in [0.15, 0.2) is 84.2 Å². The molecule has 0 saturated heterocycles. The van der Waals surface area contributed by atoms with E-state index < -0.39 is 0 Å². The molecular weight excluding hydrogens is 428 g/mol. The van der Waals surface area contributed by atoms with Crippen LogP contribution in [0.4, 0.5) is 5.95 Å². The third-order valence-corrected chi connectivity index (χ3v) is 6.85. The molecule has 1 atom stereocenters. The van der Waals surface area contributed by atoms with E-state index in [1.54, 1.807) is 17.4 Å². The topological polar surface area (TPSA) is 52.2 Å². The molecular formula is C27H30N4OS. The summed E-state index contributed by atoms with van der Waals surface area (Å²) in [4.78, 5) is 25.9. The largest absolute Gasteiger partial charge is 0.337 e. The Bertz CT molecular complexity index is 1230. The number of likely N-dealkylation sites (N-methyl/N-ethyl adjacent to an activating group) is 1. The number of H-pyrrole nitrogens is 1. The van der Waals surface area contributed by atoms with E-state index in [1.807, 2.05) is 18.2 Å². The summed E-state index contributed by atoms with van der Waals surface area (Å²) in [6.45, 7) is 5.26. The zero-order valence-electron chi connectivity index (χ0n) is 19.2. The first-order valence-electron chi connectivity index (χ1n) is 11.2. The molecule has 33 heavy (non-hydrogen) atoms. The van der Waals surface area contributed by atoms with E-state index in [1.165, 1.54) is 20.5 Å². The Balaban J connectivity index is 1.58. The highest BCUT2D eigenvalue weighted by Gasteiger charge is 2.19. The molecule has 0 aliphatic heterocycles. The van der Waals surface area contributed by atoms with Gasteiger partial charge in [0.2, 0.25) is 5.95 Å². The van der Waals surface area contributed by atoms with E-state index >= 15 is 0 Å². The van der Waals surface area contributed by atoms with Crippen molar-refractivity contribution in [3.63, 3.8) is 0 Å². The fourth-order valence-corrected chi connectivity index (χ4v) is 5.07. The van der Waals surface area contributed by atoms with Crippen LogP contribution in [0.3, 0.4) is 0 Å². The maximum Gasteiger partial charge on any atom is 0.252 e. The highest BCUT2D eigenvalue weighted by atomic mass is 32.1. The fraction of sp³-hybridized carbons (Fsp3) is 0.259. The molecule has 4 aromatic rings. The van der Waals surface area contributed by atoms with Gasteiger partial charge in [-0.25, -0.2) is 4.98 Å². The molecule has 0 radical (unpaired) electrons. The number of hydrogen-bond donors (Lipinski definition) is 1. The first-order chi connectivity index (χ1) is 16.0. The molecule has 5 nitrogen and oxygen atoms in total. The maximum atomic E-state index is 12.5. The van der Waals surface area contributed by atoms with Crippen molar-refractivity contribution >= 4 is 27.4 Å². The number of hydrogen-bond acceptors (Lipinski definition) is 5. The van der Waals surface area contributed by atoms with Crippen molar-refractivity contribution in [2.45, 2.75) is 18.9 Å². The van der Waals surface area contributed by atoms with Crippen molar-refractivity contribution in [3.05, 3.63) is 106 Å². The molecule has 0 amide bonds. The lowest BCUT2D eigenvalue weighted by Crippen LogP contribution is -2.43. The van der Waals surface area contributed by atoms with Crippen molar-refractivity contribution in [1.29, 1.82) is 0 Å². The predicted octanol–water partition coefficient (Wildman–Crippen LogP) is 4.74. The molecule has 4 rings (SSSR count). The van der Waals surface area contributed by atoms with Gasteiger partial charge in [0.1, 0.15) is 0 Å². The lowest BCUT2D eigenvalue weighted by molar-refractivity contribution is 0.293. The number of thiophene rings is 1. The number of fused-ring (bicyclic) bond motifs is 1. The summed E-state index contributed by atoms with van der Waals surface area (Å²) in [5.74, 6) is 0.596. The van der Waals surface area contributed by atoms with E-state index in [9.17, 15) is 4.79 Å². The quantitative estimate of drug-likeness (QED) is 0.349. The lowest BCUT2D eigenvalue weighted by atomic mass is 10.0. The van der Waals surface area contributed by atoms with Gasteiger partial charge >= 0.3 is 0 Å². The molecule has 2 aromatic heterocycles. The van der Waals surface area contributed by atoms with Crippen molar-refractivity contribution in [2.75, 3.05) is 32.1 Å². The fourth-order valence-electron chi connectivity index (χ4n) is 3.99. The normalized spacial score (nSPS) is 12.2. The van der Waals surface area contributed by atoms with Gasteiger partial charge in [-0.2, -0.15) is 0 Å². The summed E-state index contributed by atoms with van der Waals surface area (Å²) >= 11 is 1.75. The van der Waals surface area contributed by atoms with Gasteiger partial charge in [0.15, 0.2) is 0 Å². The van der Waals surface area contributed by atoms with Gasteiger partial charge in [0.25, 0.3) is 5.56 Å². The third kappa shape index (κ3) is 5.97. The average Bonchev–Trinajstić information content (AvgIpc) is 3.20. The van der Waals surface area contributed by atoms with Gasteiger partial charge in [0, 0.05) is 41.2 Å². The van der Waals surface area contributed by atoms with E-state index in [0.717, 1.165) is 18.7 Å². The smallest absolute Gasteiger partial charge is 0.252 e. The van der Waals surface area contributed by atoms with Crippen LogP contribution in [0.5, 0.6) is 0 Å². The third-order valence-electron chi connectivity index (χ3n) is 5.74. The number of benzene rings is 2. The first kappa shape index (κ1) is 23.0. The molecule has 0 fully saturated rings. The van der Waals surface area contributed by atoms with E-state index in [4.69, 9.17) is 4.98 Å². The van der Waals surface area contributed by atoms with Crippen LogP contribution in [0.1, 0.15) is 16.1 Å². The Kier molecular flexibility index (Phi) is 7.37. The summed E-state index contributed by atoms with van der Waals surface area (Å²) in [7, 11) is 4.18. The standard InChI is InChI=1S/C27H30N4OS/c1-4-14-31(19-23(30(2)3)15-20-10-6-5-7-11-20)27-28-22(18-26(32)29-27)17-24-16-21-12-8-9-13-25(21)33-24/h4-13,16,18,23H,1,14-15,17,19H2,2-3H3,(H,28,29,32). The minimum absolute atomic E-state index is 0.130. The van der Waals surface area contributed by atoms with Crippen LogP contribution in [0, 0.1) is 0 Å². The summed E-state index contributed by atoms with van der Waals surface area (Å²) in [5, 5.41) is 1.23. The van der Waals surface area contributed by atoms with Gasteiger partial charge in [-0.05, 0) is 43.6 Å². The summed E-state index contributed by atoms with van der Waals surface area (Å²) in [6, 6.07) is 22.9. The van der Waals surface area contributed by atoms with Gasteiger partial charge in [-0.15, -0.1) is 17.9 Å². The Labute approximate surface area is 199 Å². The summed E-state index contributed by atoms with van der Waals surface area (Å²) in [6.07, 6.45) is 3.40. The number of aromatic nitrogens is 2.